The summed E-state index contributed by atoms with van der Waals surface area (Å²) >= 11 is 0. The van der Waals surface area contributed by atoms with Crippen LogP contribution in [0, 0.1) is 33.6 Å². The molecule has 0 aromatic heterocycles. The van der Waals surface area contributed by atoms with E-state index in [1.165, 1.54) is 0 Å². The lowest BCUT2D eigenvalue weighted by atomic mass is 10.1. The number of carbonyl (C=O) groups excluding carboxylic acids is 2. The average molecular weight is 336 g/mol. The maximum Gasteiger partial charge on any atom is 0.229 e. The van der Waals surface area contributed by atoms with E-state index in [4.69, 9.17) is 0 Å². The molecule has 1 atom stereocenters. The standard InChI is InChI=1S/C21H24N2O2/c1-13-8-9-18(16(4)10-13)23-12-17(11-19(23)24)21(25)22-20-14(2)6-5-7-15(20)3/h5-10,17H,11-12H2,1-4H3,(H,22,25)/t17-/m0/s1. The summed E-state index contributed by atoms with van der Waals surface area (Å²) in [5.41, 5.74) is 6.04. The normalized spacial score (nSPS) is 17.0. The van der Waals surface area contributed by atoms with Gasteiger partial charge in [0, 0.05) is 24.3 Å². The Morgan fingerprint density at radius 1 is 1.04 bits per heavy atom. The van der Waals surface area contributed by atoms with E-state index in [0.29, 0.717) is 6.54 Å². The molecule has 1 N–H and O–H groups in total. The first-order valence-electron chi connectivity index (χ1n) is 8.61. The first-order chi connectivity index (χ1) is 11.9. The molecule has 1 heterocycles. The average Bonchev–Trinajstić information content (AvgIpc) is 2.93. The van der Waals surface area contributed by atoms with Crippen molar-refractivity contribution in [2.45, 2.75) is 34.1 Å². The monoisotopic (exact) mass is 336 g/mol. The van der Waals surface area contributed by atoms with E-state index in [0.717, 1.165) is 33.6 Å². The molecule has 1 fully saturated rings. The minimum absolute atomic E-state index is 0.00797. The number of benzene rings is 2. The van der Waals surface area contributed by atoms with E-state index < -0.39 is 0 Å². The Morgan fingerprint density at radius 2 is 1.72 bits per heavy atom. The second kappa shape index (κ2) is 6.71. The number of aryl methyl sites for hydroxylation is 4. The van der Waals surface area contributed by atoms with Crippen molar-refractivity contribution in [1.82, 2.24) is 0 Å². The molecule has 3 rings (SSSR count). The first-order valence-corrected chi connectivity index (χ1v) is 8.61. The highest BCUT2D eigenvalue weighted by atomic mass is 16.2. The summed E-state index contributed by atoms with van der Waals surface area (Å²) in [5, 5.41) is 3.02. The highest BCUT2D eigenvalue weighted by Gasteiger charge is 2.35. The van der Waals surface area contributed by atoms with Crippen LogP contribution in [0.15, 0.2) is 36.4 Å². The Balaban J connectivity index is 1.77. The van der Waals surface area contributed by atoms with Gasteiger partial charge in [-0.2, -0.15) is 0 Å². The van der Waals surface area contributed by atoms with Gasteiger partial charge in [0.25, 0.3) is 0 Å². The van der Waals surface area contributed by atoms with Gasteiger partial charge in [-0.15, -0.1) is 0 Å². The van der Waals surface area contributed by atoms with Crippen molar-refractivity contribution in [1.29, 1.82) is 0 Å². The summed E-state index contributed by atoms with van der Waals surface area (Å²) in [6.45, 7) is 8.41. The van der Waals surface area contributed by atoms with Crippen LogP contribution >= 0.6 is 0 Å². The maximum absolute atomic E-state index is 12.7. The molecule has 4 heteroatoms. The quantitative estimate of drug-likeness (QED) is 0.924. The van der Waals surface area contributed by atoms with E-state index in [1.807, 2.05) is 58.0 Å². The molecular formula is C21H24N2O2. The molecule has 0 radical (unpaired) electrons. The second-order valence-corrected chi connectivity index (χ2v) is 6.95. The van der Waals surface area contributed by atoms with Gasteiger partial charge in [-0.25, -0.2) is 0 Å². The first kappa shape index (κ1) is 17.2. The highest BCUT2D eigenvalue weighted by Crippen LogP contribution is 2.29. The zero-order valence-corrected chi connectivity index (χ0v) is 15.2. The van der Waals surface area contributed by atoms with Gasteiger partial charge in [0.2, 0.25) is 11.8 Å². The Morgan fingerprint density at radius 3 is 2.36 bits per heavy atom. The SMILES string of the molecule is Cc1ccc(N2C[C@@H](C(=O)Nc3c(C)cccc3C)CC2=O)c(C)c1. The Kier molecular flexibility index (Phi) is 4.62. The number of amides is 2. The van der Waals surface area contributed by atoms with Gasteiger partial charge in [-0.1, -0.05) is 35.9 Å². The minimum Gasteiger partial charge on any atom is -0.325 e. The lowest BCUT2D eigenvalue weighted by Gasteiger charge is -2.20. The van der Waals surface area contributed by atoms with E-state index in [9.17, 15) is 9.59 Å². The van der Waals surface area contributed by atoms with E-state index in [1.54, 1.807) is 4.90 Å². The maximum atomic E-state index is 12.7. The third kappa shape index (κ3) is 3.43. The Bertz CT molecular complexity index is 822. The summed E-state index contributed by atoms with van der Waals surface area (Å²) in [4.78, 5) is 26.9. The van der Waals surface area contributed by atoms with Crippen molar-refractivity contribution in [2.24, 2.45) is 5.92 Å². The van der Waals surface area contributed by atoms with Crippen LogP contribution in [-0.2, 0) is 9.59 Å². The molecule has 1 aliphatic heterocycles. The van der Waals surface area contributed by atoms with Crippen molar-refractivity contribution in [3.05, 3.63) is 58.7 Å². The molecule has 0 unspecified atom stereocenters. The van der Waals surface area contributed by atoms with Crippen molar-refractivity contribution in [3.63, 3.8) is 0 Å². The van der Waals surface area contributed by atoms with Crippen LogP contribution in [0.5, 0.6) is 0 Å². The number of nitrogens with one attached hydrogen (secondary N) is 1. The van der Waals surface area contributed by atoms with Crippen LogP contribution in [-0.4, -0.2) is 18.4 Å². The summed E-state index contributed by atoms with van der Waals surface area (Å²) < 4.78 is 0. The summed E-state index contributed by atoms with van der Waals surface area (Å²) in [6.07, 6.45) is 0.254. The molecule has 0 bridgehead atoms. The fourth-order valence-corrected chi connectivity index (χ4v) is 3.46. The fourth-order valence-electron chi connectivity index (χ4n) is 3.46. The number of hydrogen-bond acceptors (Lipinski definition) is 2. The lowest BCUT2D eigenvalue weighted by molar-refractivity contribution is -0.122. The van der Waals surface area contributed by atoms with E-state index in [-0.39, 0.29) is 24.2 Å². The molecule has 1 saturated heterocycles. The summed E-state index contributed by atoms with van der Waals surface area (Å²) in [6, 6.07) is 12.0. The smallest absolute Gasteiger partial charge is 0.229 e. The van der Waals surface area contributed by atoms with Crippen LogP contribution in [0.3, 0.4) is 0 Å². The third-order valence-corrected chi connectivity index (χ3v) is 4.87. The Hall–Kier alpha value is -2.62. The van der Waals surface area contributed by atoms with Crippen LogP contribution in [0.1, 0.15) is 28.7 Å². The number of nitrogens with zero attached hydrogens (tertiary/aromatic N) is 1. The van der Waals surface area contributed by atoms with Crippen LogP contribution < -0.4 is 10.2 Å². The van der Waals surface area contributed by atoms with Crippen molar-refractivity contribution < 1.29 is 9.59 Å². The second-order valence-electron chi connectivity index (χ2n) is 6.95. The highest BCUT2D eigenvalue weighted by molar-refractivity contribution is 6.04. The topological polar surface area (TPSA) is 49.4 Å². The fraction of sp³-hybridized carbons (Fsp3) is 0.333. The summed E-state index contributed by atoms with van der Waals surface area (Å²) in [5.74, 6) is -0.404. The third-order valence-electron chi connectivity index (χ3n) is 4.87. The van der Waals surface area contributed by atoms with Gasteiger partial charge in [0.05, 0.1) is 5.92 Å². The summed E-state index contributed by atoms with van der Waals surface area (Å²) in [7, 11) is 0. The molecule has 25 heavy (non-hydrogen) atoms. The zero-order valence-electron chi connectivity index (χ0n) is 15.2. The van der Waals surface area contributed by atoms with E-state index >= 15 is 0 Å². The largest absolute Gasteiger partial charge is 0.325 e. The molecule has 0 spiro atoms. The van der Waals surface area contributed by atoms with Gasteiger partial charge in [-0.05, 0) is 50.5 Å². The number of para-hydroxylation sites is 1. The minimum atomic E-state index is -0.327. The number of carbonyl (C=O) groups is 2. The van der Waals surface area contributed by atoms with Crippen molar-refractivity contribution >= 4 is 23.2 Å². The predicted octanol–water partition coefficient (Wildman–Crippen LogP) is 3.91. The van der Waals surface area contributed by atoms with E-state index in [2.05, 4.69) is 11.4 Å². The molecule has 4 nitrogen and oxygen atoms in total. The molecule has 2 aromatic rings. The van der Waals surface area contributed by atoms with Crippen LogP contribution in [0.2, 0.25) is 0 Å². The molecule has 1 aliphatic rings. The number of rotatable bonds is 3. The molecule has 0 saturated carbocycles. The Labute approximate surface area is 148 Å². The number of anilines is 2. The molecule has 2 amide bonds. The molecular weight excluding hydrogens is 312 g/mol. The van der Waals surface area contributed by atoms with Gasteiger partial charge >= 0.3 is 0 Å². The van der Waals surface area contributed by atoms with Crippen molar-refractivity contribution in [3.8, 4) is 0 Å². The molecule has 130 valence electrons. The van der Waals surface area contributed by atoms with Crippen LogP contribution in [0.25, 0.3) is 0 Å². The number of hydrogen-bond donors (Lipinski definition) is 1. The van der Waals surface area contributed by atoms with Gasteiger partial charge in [0.1, 0.15) is 0 Å². The molecule has 0 aliphatic carbocycles. The lowest BCUT2D eigenvalue weighted by Crippen LogP contribution is -2.28. The predicted molar refractivity (Wildman–Crippen MR) is 101 cm³/mol. The van der Waals surface area contributed by atoms with Crippen LogP contribution in [0.4, 0.5) is 11.4 Å². The van der Waals surface area contributed by atoms with Gasteiger partial charge in [0.15, 0.2) is 0 Å². The molecule has 2 aromatic carbocycles. The zero-order chi connectivity index (χ0) is 18.1. The van der Waals surface area contributed by atoms with Gasteiger partial charge < -0.3 is 10.2 Å². The van der Waals surface area contributed by atoms with Gasteiger partial charge in [-0.3, -0.25) is 9.59 Å². The van der Waals surface area contributed by atoms with Crippen molar-refractivity contribution in [2.75, 3.05) is 16.8 Å².